The van der Waals surface area contributed by atoms with E-state index in [0.29, 0.717) is 12.1 Å². The second-order valence-corrected chi connectivity index (χ2v) is 8.16. The van der Waals surface area contributed by atoms with E-state index in [4.69, 9.17) is 4.74 Å². The fourth-order valence-corrected chi connectivity index (χ4v) is 4.41. The topological polar surface area (TPSA) is 89.5 Å². The van der Waals surface area contributed by atoms with E-state index in [1.807, 2.05) is 26.0 Å². The van der Waals surface area contributed by atoms with Crippen LogP contribution in [-0.4, -0.2) is 38.4 Å². The molecule has 0 bridgehead atoms. The van der Waals surface area contributed by atoms with E-state index in [-0.39, 0.29) is 30.5 Å². The van der Waals surface area contributed by atoms with Gasteiger partial charge in [-0.05, 0) is 43.4 Å². The van der Waals surface area contributed by atoms with Crippen molar-refractivity contribution in [3.63, 3.8) is 0 Å². The van der Waals surface area contributed by atoms with Gasteiger partial charge in [0.15, 0.2) is 16.4 Å². The molecule has 1 aromatic rings. The Hall–Kier alpha value is -1.89. The van der Waals surface area contributed by atoms with Crippen molar-refractivity contribution in [3.8, 4) is 0 Å². The number of benzene rings is 1. The number of anilines is 1. The highest BCUT2D eigenvalue weighted by Crippen LogP contribution is 2.22. The van der Waals surface area contributed by atoms with E-state index in [9.17, 15) is 18.0 Å². The third-order valence-electron chi connectivity index (χ3n) is 4.03. The van der Waals surface area contributed by atoms with Gasteiger partial charge in [-0.1, -0.05) is 12.1 Å². The smallest absolute Gasteiger partial charge is 0.306 e. The molecule has 1 aliphatic heterocycles. The van der Waals surface area contributed by atoms with Crippen molar-refractivity contribution in [2.75, 3.05) is 23.4 Å². The maximum atomic E-state index is 11.8. The number of sulfone groups is 1. The van der Waals surface area contributed by atoms with Gasteiger partial charge in [-0.3, -0.25) is 9.59 Å². The number of hydrogen-bond acceptors (Lipinski definition) is 5. The van der Waals surface area contributed by atoms with Crippen molar-refractivity contribution in [1.29, 1.82) is 0 Å². The molecule has 1 aromatic carbocycles. The Morgan fingerprint density at radius 2 is 2.04 bits per heavy atom. The van der Waals surface area contributed by atoms with Crippen LogP contribution in [0.3, 0.4) is 0 Å². The number of amides is 1. The molecule has 1 saturated heterocycles. The molecular weight excluding hydrogens is 318 g/mol. The molecule has 0 radical (unpaired) electrons. The van der Waals surface area contributed by atoms with Crippen LogP contribution >= 0.6 is 0 Å². The molecule has 0 saturated carbocycles. The van der Waals surface area contributed by atoms with E-state index < -0.39 is 21.7 Å². The van der Waals surface area contributed by atoms with Crippen molar-refractivity contribution in [3.05, 3.63) is 29.3 Å². The summed E-state index contributed by atoms with van der Waals surface area (Å²) in [5.74, 6) is -1.00. The minimum absolute atomic E-state index is 0.0246. The van der Waals surface area contributed by atoms with Crippen molar-refractivity contribution in [2.24, 2.45) is 5.92 Å². The lowest BCUT2D eigenvalue weighted by atomic mass is 10.1. The van der Waals surface area contributed by atoms with Crippen LogP contribution in [0.25, 0.3) is 0 Å². The second-order valence-electron chi connectivity index (χ2n) is 5.93. The molecule has 1 amide bonds. The number of aryl methyl sites for hydroxylation is 1. The largest absolute Gasteiger partial charge is 0.456 e. The van der Waals surface area contributed by atoms with Gasteiger partial charge in [0.2, 0.25) is 0 Å². The summed E-state index contributed by atoms with van der Waals surface area (Å²) in [5.41, 5.74) is 2.71. The maximum Gasteiger partial charge on any atom is 0.306 e. The van der Waals surface area contributed by atoms with Gasteiger partial charge in [0.25, 0.3) is 5.91 Å². The lowest BCUT2D eigenvalue weighted by Gasteiger charge is -2.11. The number of carbonyl (C=O) groups excluding carboxylic acids is 2. The van der Waals surface area contributed by atoms with Gasteiger partial charge in [-0.25, -0.2) is 8.42 Å². The highest BCUT2D eigenvalue weighted by molar-refractivity contribution is 7.91. The third kappa shape index (κ3) is 5.06. The van der Waals surface area contributed by atoms with E-state index in [1.165, 1.54) is 0 Å². The van der Waals surface area contributed by atoms with Crippen LogP contribution in [0, 0.1) is 19.8 Å². The summed E-state index contributed by atoms with van der Waals surface area (Å²) in [6.07, 6.45) is 0.516. The summed E-state index contributed by atoms with van der Waals surface area (Å²) in [7, 11) is -3.01. The van der Waals surface area contributed by atoms with Gasteiger partial charge in [0.1, 0.15) is 0 Å². The fraction of sp³-hybridized carbons (Fsp3) is 0.500. The van der Waals surface area contributed by atoms with Crippen LogP contribution in [0.5, 0.6) is 0 Å². The maximum absolute atomic E-state index is 11.8. The van der Waals surface area contributed by atoms with E-state index in [0.717, 1.165) is 11.1 Å². The molecule has 0 aromatic heterocycles. The van der Waals surface area contributed by atoms with Crippen LogP contribution in [0.15, 0.2) is 18.2 Å². The van der Waals surface area contributed by atoms with Crippen LogP contribution in [0.1, 0.15) is 24.0 Å². The summed E-state index contributed by atoms with van der Waals surface area (Å²) >= 11 is 0. The minimum Gasteiger partial charge on any atom is -0.456 e. The average molecular weight is 339 g/mol. The average Bonchev–Trinajstić information content (AvgIpc) is 2.81. The fourth-order valence-electron chi connectivity index (χ4n) is 2.55. The zero-order valence-electron chi connectivity index (χ0n) is 13.3. The molecule has 0 spiro atoms. The first-order valence-corrected chi connectivity index (χ1v) is 9.31. The van der Waals surface area contributed by atoms with Crippen LogP contribution < -0.4 is 5.32 Å². The Morgan fingerprint density at radius 1 is 1.30 bits per heavy atom. The van der Waals surface area contributed by atoms with Crippen molar-refractivity contribution < 1.29 is 22.7 Å². The molecule has 1 aliphatic rings. The summed E-state index contributed by atoms with van der Waals surface area (Å²) in [4.78, 5) is 23.5. The Morgan fingerprint density at radius 3 is 2.70 bits per heavy atom. The Kier molecular flexibility index (Phi) is 5.41. The summed E-state index contributed by atoms with van der Waals surface area (Å²) in [5, 5.41) is 2.70. The summed E-state index contributed by atoms with van der Waals surface area (Å²) in [6.45, 7) is 3.48. The molecule has 0 aliphatic carbocycles. The van der Waals surface area contributed by atoms with Crippen molar-refractivity contribution >= 4 is 27.4 Å². The molecule has 1 heterocycles. The zero-order chi connectivity index (χ0) is 17.0. The molecular formula is C16H21NO5S. The van der Waals surface area contributed by atoms with Crippen LogP contribution in [0.2, 0.25) is 0 Å². The molecule has 1 fully saturated rings. The number of rotatable bonds is 5. The number of carbonyl (C=O) groups is 2. The zero-order valence-corrected chi connectivity index (χ0v) is 14.1. The molecule has 1 atom stereocenters. The number of hydrogen-bond donors (Lipinski definition) is 1. The predicted octanol–water partition coefficient (Wildman–Crippen LogP) is 1.61. The standard InChI is InChI=1S/C16H21NO5S/c1-11-4-3-5-14(12(11)2)17-15(18)9-22-16(19)8-13-6-7-23(20,21)10-13/h3-5,13H,6-10H2,1-2H3,(H,17,18)/t13-/m1/s1. The molecule has 2 rings (SSSR count). The SMILES string of the molecule is Cc1cccc(NC(=O)COC(=O)C[C@H]2CCS(=O)(=O)C2)c1C. The van der Waals surface area contributed by atoms with Gasteiger partial charge in [-0.2, -0.15) is 0 Å². The molecule has 23 heavy (non-hydrogen) atoms. The highest BCUT2D eigenvalue weighted by atomic mass is 32.2. The normalized spacial score (nSPS) is 19.3. The lowest BCUT2D eigenvalue weighted by molar-refractivity contribution is -0.148. The van der Waals surface area contributed by atoms with Crippen LogP contribution in [-0.2, 0) is 24.2 Å². The summed E-state index contributed by atoms with van der Waals surface area (Å²) < 4.78 is 27.6. The van der Waals surface area contributed by atoms with Gasteiger partial charge in [-0.15, -0.1) is 0 Å². The van der Waals surface area contributed by atoms with Crippen molar-refractivity contribution in [2.45, 2.75) is 26.7 Å². The van der Waals surface area contributed by atoms with E-state index >= 15 is 0 Å². The first-order chi connectivity index (χ1) is 10.8. The first-order valence-electron chi connectivity index (χ1n) is 7.49. The molecule has 7 heteroatoms. The third-order valence-corrected chi connectivity index (χ3v) is 5.86. The highest BCUT2D eigenvalue weighted by Gasteiger charge is 2.29. The van der Waals surface area contributed by atoms with E-state index in [2.05, 4.69) is 5.32 Å². The van der Waals surface area contributed by atoms with Gasteiger partial charge < -0.3 is 10.1 Å². The molecule has 0 unspecified atom stereocenters. The summed E-state index contributed by atoms with van der Waals surface area (Å²) in [6, 6.07) is 5.57. The monoisotopic (exact) mass is 339 g/mol. The van der Waals surface area contributed by atoms with Gasteiger partial charge >= 0.3 is 5.97 Å². The van der Waals surface area contributed by atoms with Crippen LogP contribution in [0.4, 0.5) is 5.69 Å². The number of ether oxygens (including phenoxy) is 1. The number of esters is 1. The second kappa shape index (κ2) is 7.12. The minimum atomic E-state index is -3.01. The quantitative estimate of drug-likeness (QED) is 0.823. The van der Waals surface area contributed by atoms with Gasteiger partial charge in [0, 0.05) is 12.1 Å². The lowest BCUT2D eigenvalue weighted by Crippen LogP contribution is -2.22. The molecule has 6 nitrogen and oxygen atoms in total. The van der Waals surface area contributed by atoms with E-state index in [1.54, 1.807) is 6.07 Å². The Labute approximate surface area is 136 Å². The Balaban J connectivity index is 1.78. The predicted molar refractivity (Wildman–Crippen MR) is 86.9 cm³/mol. The van der Waals surface area contributed by atoms with Crippen molar-refractivity contribution in [1.82, 2.24) is 0 Å². The van der Waals surface area contributed by atoms with Gasteiger partial charge in [0.05, 0.1) is 11.5 Å². The molecule has 126 valence electrons. The first kappa shape index (κ1) is 17.5. The number of nitrogens with one attached hydrogen (secondary N) is 1. The molecule has 1 N–H and O–H groups in total. The Bertz CT molecular complexity index is 711.